The topological polar surface area (TPSA) is 47.1 Å². The van der Waals surface area contributed by atoms with Crippen molar-refractivity contribution in [2.75, 3.05) is 14.2 Å². The lowest BCUT2D eigenvalue weighted by Crippen LogP contribution is -2.32. The minimum absolute atomic E-state index is 0.540. The smallest absolute Gasteiger partial charge is 0.225 e. The van der Waals surface area contributed by atoms with Gasteiger partial charge in [0.05, 0.1) is 17.5 Å². The van der Waals surface area contributed by atoms with E-state index >= 15 is 0 Å². The number of rotatable bonds is 5. The Labute approximate surface area is 150 Å². The van der Waals surface area contributed by atoms with Crippen molar-refractivity contribution in [2.24, 2.45) is 0 Å². The first kappa shape index (κ1) is 17.0. The normalized spacial score (nSPS) is 11.7. The number of hydrogen-bond acceptors (Lipinski definition) is 3. The predicted octanol–water partition coefficient (Wildman–Crippen LogP) is 4.88. The first-order chi connectivity index (χ1) is 11.6. The van der Waals surface area contributed by atoms with Crippen LogP contribution >= 0.6 is 23.2 Å². The lowest BCUT2D eigenvalue weighted by atomic mass is 9.95. The molecule has 0 spiro atoms. The van der Waals surface area contributed by atoms with Gasteiger partial charge in [0.1, 0.15) is 0 Å². The summed E-state index contributed by atoms with van der Waals surface area (Å²) < 4.78 is 11.6. The molecule has 0 aliphatic carbocycles. The highest BCUT2D eigenvalue weighted by Crippen LogP contribution is 2.39. The Hall–Kier alpha value is -1.85. The van der Waals surface area contributed by atoms with Gasteiger partial charge in [0.15, 0.2) is 0 Å². The number of benzene rings is 2. The summed E-state index contributed by atoms with van der Waals surface area (Å²) in [6, 6.07) is 15.0. The van der Waals surface area contributed by atoms with Crippen molar-refractivity contribution in [3.63, 3.8) is 0 Å². The minimum Gasteiger partial charge on any atom is -0.345 e. The van der Waals surface area contributed by atoms with Crippen LogP contribution in [0, 0.1) is 0 Å². The summed E-state index contributed by atoms with van der Waals surface area (Å²) in [6.07, 6.45) is 1.68. The summed E-state index contributed by atoms with van der Waals surface area (Å²) in [5.74, 6) is -1.10. The van der Waals surface area contributed by atoms with Gasteiger partial charge in [0.2, 0.25) is 5.79 Å². The number of nitrogens with zero attached hydrogens (tertiary/aromatic N) is 1. The predicted molar refractivity (Wildman–Crippen MR) is 95.3 cm³/mol. The van der Waals surface area contributed by atoms with E-state index in [9.17, 15) is 0 Å². The van der Waals surface area contributed by atoms with Gasteiger partial charge in [0, 0.05) is 35.4 Å². The van der Waals surface area contributed by atoms with Crippen LogP contribution in [-0.4, -0.2) is 24.4 Å². The molecule has 2 aromatic carbocycles. The summed E-state index contributed by atoms with van der Waals surface area (Å²) >= 11 is 12.3. The Morgan fingerprint density at radius 3 is 2.17 bits per heavy atom. The zero-order valence-corrected chi connectivity index (χ0v) is 14.7. The molecule has 0 atom stereocenters. The van der Waals surface area contributed by atoms with Gasteiger partial charge in [-0.05, 0) is 18.2 Å². The van der Waals surface area contributed by atoms with Gasteiger partial charge in [-0.2, -0.15) is 5.10 Å². The fourth-order valence-electron chi connectivity index (χ4n) is 2.81. The van der Waals surface area contributed by atoms with E-state index in [0.29, 0.717) is 10.0 Å². The van der Waals surface area contributed by atoms with Gasteiger partial charge in [-0.3, -0.25) is 5.10 Å². The first-order valence-electron chi connectivity index (χ1n) is 7.27. The number of nitrogens with one attached hydrogen (secondary N) is 1. The zero-order chi connectivity index (χ0) is 17.2. The maximum absolute atomic E-state index is 6.14. The Kier molecular flexibility index (Phi) is 4.92. The van der Waals surface area contributed by atoms with Crippen LogP contribution in [-0.2, 0) is 15.3 Å². The van der Waals surface area contributed by atoms with E-state index in [-0.39, 0.29) is 0 Å². The average molecular weight is 363 g/mol. The second-order valence-corrected chi connectivity index (χ2v) is 6.08. The number of halogens is 2. The van der Waals surface area contributed by atoms with Crippen LogP contribution in [0.4, 0.5) is 0 Å². The van der Waals surface area contributed by atoms with E-state index in [1.54, 1.807) is 26.5 Å². The van der Waals surface area contributed by atoms with Crippen LogP contribution in [0.3, 0.4) is 0 Å². The van der Waals surface area contributed by atoms with Gasteiger partial charge in [0.25, 0.3) is 0 Å². The molecule has 3 aromatic rings. The molecule has 0 fully saturated rings. The van der Waals surface area contributed by atoms with Crippen molar-refractivity contribution in [3.05, 3.63) is 75.9 Å². The number of hydrogen-bond donors (Lipinski definition) is 1. The largest absolute Gasteiger partial charge is 0.345 e. The maximum atomic E-state index is 6.14. The van der Waals surface area contributed by atoms with Crippen molar-refractivity contribution >= 4 is 23.2 Å². The summed E-state index contributed by atoms with van der Waals surface area (Å²) in [4.78, 5) is 0. The van der Waals surface area contributed by atoms with Crippen LogP contribution in [0.1, 0.15) is 11.1 Å². The Morgan fingerprint density at radius 1 is 0.958 bits per heavy atom. The zero-order valence-electron chi connectivity index (χ0n) is 13.2. The van der Waals surface area contributed by atoms with Crippen molar-refractivity contribution in [1.82, 2.24) is 10.2 Å². The second-order valence-electron chi connectivity index (χ2n) is 5.21. The lowest BCUT2D eigenvalue weighted by molar-refractivity contribution is -0.183. The third-order valence-electron chi connectivity index (χ3n) is 3.87. The molecule has 0 aliphatic heterocycles. The van der Waals surface area contributed by atoms with Gasteiger partial charge in [-0.1, -0.05) is 53.5 Å². The molecule has 124 valence electrons. The number of H-pyrrole nitrogens is 1. The highest BCUT2D eigenvalue weighted by atomic mass is 35.5. The van der Waals surface area contributed by atoms with Crippen molar-refractivity contribution in [1.29, 1.82) is 0 Å². The van der Waals surface area contributed by atoms with Crippen LogP contribution < -0.4 is 0 Å². The average Bonchev–Trinajstić information content (AvgIpc) is 3.07. The Balaban J connectivity index is 2.20. The Bertz CT molecular complexity index is 810. The van der Waals surface area contributed by atoms with Crippen LogP contribution in [0.25, 0.3) is 11.3 Å². The molecule has 0 unspecified atom stereocenters. The molecule has 4 nitrogen and oxygen atoms in total. The lowest BCUT2D eigenvalue weighted by Gasteiger charge is -2.31. The quantitative estimate of drug-likeness (QED) is 0.658. The molecule has 0 amide bonds. The first-order valence-corrected chi connectivity index (χ1v) is 8.02. The van der Waals surface area contributed by atoms with Gasteiger partial charge in [-0.15, -0.1) is 0 Å². The molecule has 0 bridgehead atoms. The van der Waals surface area contributed by atoms with E-state index in [1.165, 1.54) is 0 Å². The minimum atomic E-state index is -1.10. The fourth-order valence-corrected chi connectivity index (χ4v) is 3.33. The fraction of sp³-hybridized carbons (Fsp3) is 0.167. The summed E-state index contributed by atoms with van der Waals surface area (Å²) in [5, 5.41) is 8.25. The third kappa shape index (κ3) is 2.94. The van der Waals surface area contributed by atoms with Crippen LogP contribution in [0.5, 0.6) is 0 Å². The van der Waals surface area contributed by atoms with Crippen molar-refractivity contribution in [2.45, 2.75) is 5.79 Å². The van der Waals surface area contributed by atoms with E-state index < -0.39 is 5.79 Å². The van der Waals surface area contributed by atoms with Gasteiger partial charge < -0.3 is 9.47 Å². The van der Waals surface area contributed by atoms with E-state index in [0.717, 1.165) is 22.4 Å². The molecule has 0 radical (unpaired) electrons. The number of ether oxygens (including phenoxy) is 2. The second kappa shape index (κ2) is 6.95. The molecule has 0 saturated carbocycles. The SMILES string of the molecule is COC(OC)(c1ccccc1)c1cn[nH]c1-c1cc(Cl)cc(Cl)c1. The highest BCUT2D eigenvalue weighted by molar-refractivity contribution is 6.35. The number of aromatic nitrogens is 2. The van der Waals surface area contributed by atoms with E-state index in [2.05, 4.69) is 10.2 Å². The van der Waals surface area contributed by atoms with Crippen LogP contribution in [0.2, 0.25) is 10.0 Å². The molecular formula is C18H16Cl2N2O2. The van der Waals surface area contributed by atoms with E-state index in [4.69, 9.17) is 32.7 Å². The van der Waals surface area contributed by atoms with E-state index in [1.807, 2.05) is 42.5 Å². The third-order valence-corrected chi connectivity index (χ3v) is 4.31. The molecule has 1 heterocycles. The number of methoxy groups -OCH3 is 2. The molecule has 0 aliphatic rings. The summed E-state index contributed by atoms with van der Waals surface area (Å²) in [6.45, 7) is 0. The summed E-state index contributed by atoms with van der Waals surface area (Å²) in [5.41, 5.74) is 3.11. The van der Waals surface area contributed by atoms with Crippen molar-refractivity contribution < 1.29 is 9.47 Å². The van der Waals surface area contributed by atoms with Crippen molar-refractivity contribution in [3.8, 4) is 11.3 Å². The van der Waals surface area contributed by atoms with Crippen LogP contribution in [0.15, 0.2) is 54.7 Å². The van der Waals surface area contributed by atoms with Gasteiger partial charge >= 0.3 is 0 Å². The van der Waals surface area contributed by atoms with Gasteiger partial charge in [-0.25, -0.2) is 0 Å². The molecule has 1 N–H and O–H groups in total. The highest BCUT2D eigenvalue weighted by Gasteiger charge is 2.38. The monoisotopic (exact) mass is 362 g/mol. The molecule has 24 heavy (non-hydrogen) atoms. The molecular weight excluding hydrogens is 347 g/mol. The molecule has 3 rings (SSSR count). The Morgan fingerprint density at radius 2 is 1.58 bits per heavy atom. The summed E-state index contributed by atoms with van der Waals surface area (Å²) in [7, 11) is 3.19. The standard InChI is InChI=1S/C18H16Cl2N2O2/c1-23-18(24-2,13-6-4-3-5-7-13)16-11-21-22-17(16)12-8-14(19)10-15(20)9-12/h3-11H,1-2H3,(H,21,22). The molecule has 1 aromatic heterocycles. The molecule has 6 heteroatoms. The molecule has 0 saturated heterocycles. The number of aromatic amines is 1. The maximum Gasteiger partial charge on any atom is 0.225 e.